The van der Waals surface area contributed by atoms with Crippen LogP contribution in [0, 0.1) is 0 Å². The molecule has 0 bridgehead atoms. The van der Waals surface area contributed by atoms with Crippen LogP contribution >= 0.6 is 23.2 Å². The summed E-state index contributed by atoms with van der Waals surface area (Å²) in [6.07, 6.45) is 2.01. The molecule has 0 spiro atoms. The Morgan fingerprint density at radius 1 is 1.12 bits per heavy atom. The Kier molecular flexibility index (Phi) is 5.82. The fourth-order valence-electron chi connectivity index (χ4n) is 2.83. The zero-order chi connectivity index (χ0) is 17.1. The van der Waals surface area contributed by atoms with E-state index >= 15 is 0 Å². The van der Waals surface area contributed by atoms with Crippen molar-refractivity contribution in [1.29, 1.82) is 0 Å². The van der Waals surface area contributed by atoms with E-state index in [9.17, 15) is 4.21 Å². The van der Waals surface area contributed by atoms with Crippen molar-refractivity contribution in [1.82, 2.24) is 5.32 Å². The van der Waals surface area contributed by atoms with Crippen LogP contribution < -0.4 is 10.2 Å². The van der Waals surface area contributed by atoms with E-state index in [1.807, 2.05) is 30.1 Å². The van der Waals surface area contributed by atoms with Gasteiger partial charge in [-0.1, -0.05) is 35.3 Å². The average molecular weight is 383 g/mol. The molecule has 1 aliphatic rings. The minimum atomic E-state index is -0.889. The van der Waals surface area contributed by atoms with Crippen molar-refractivity contribution >= 4 is 39.7 Å². The minimum absolute atomic E-state index is 0.583. The molecule has 1 N–H and O–H groups in total. The number of hydrogen-bond donors (Lipinski definition) is 1. The van der Waals surface area contributed by atoms with Crippen LogP contribution in [0.25, 0.3) is 0 Å². The van der Waals surface area contributed by atoms with Gasteiger partial charge in [-0.05, 0) is 54.8 Å². The summed E-state index contributed by atoms with van der Waals surface area (Å²) in [6, 6.07) is 12.0. The van der Waals surface area contributed by atoms with Crippen molar-refractivity contribution in [2.24, 2.45) is 0 Å². The van der Waals surface area contributed by atoms with Crippen LogP contribution in [-0.4, -0.2) is 23.7 Å². The number of anilines is 1. The summed E-state index contributed by atoms with van der Waals surface area (Å²) in [4.78, 5) is 3.02. The predicted molar refractivity (Wildman–Crippen MR) is 103 cm³/mol. The molecule has 0 saturated heterocycles. The standard InChI is InChI=1S/C18H20Cl2N2OS/c1-22-12-24(23)18-10-13(5-7-17(18)22)3-2-8-21-11-14-4-6-15(19)16(20)9-14/h4-7,9-10,21H,2-3,8,11-12H2,1H3. The van der Waals surface area contributed by atoms with E-state index < -0.39 is 10.8 Å². The highest BCUT2D eigenvalue weighted by Crippen LogP contribution is 2.31. The SMILES string of the molecule is CN1CS(=O)c2cc(CCCNCc3ccc(Cl)c(Cl)c3)ccc21. The minimum Gasteiger partial charge on any atom is -0.361 e. The smallest absolute Gasteiger partial charge is 0.0982 e. The summed E-state index contributed by atoms with van der Waals surface area (Å²) in [6.45, 7) is 1.69. The van der Waals surface area contributed by atoms with E-state index in [0.717, 1.165) is 42.1 Å². The van der Waals surface area contributed by atoms with Gasteiger partial charge in [0.15, 0.2) is 0 Å². The summed E-state index contributed by atoms with van der Waals surface area (Å²) in [5.41, 5.74) is 3.46. The van der Waals surface area contributed by atoms with Crippen molar-refractivity contribution in [3.05, 3.63) is 57.6 Å². The van der Waals surface area contributed by atoms with Gasteiger partial charge in [0.25, 0.3) is 0 Å². The molecule has 0 fully saturated rings. The Hall–Kier alpha value is -1.07. The van der Waals surface area contributed by atoms with Crippen molar-refractivity contribution in [3.63, 3.8) is 0 Å². The highest BCUT2D eigenvalue weighted by molar-refractivity contribution is 7.85. The van der Waals surface area contributed by atoms with Gasteiger partial charge in [0, 0.05) is 13.6 Å². The molecule has 1 heterocycles. The molecule has 0 radical (unpaired) electrons. The molecule has 0 aromatic heterocycles. The number of aryl methyl sites for hydroxylation is 1. The number of hydrogen-bond acceptors (Lipinski definition) is 3. The quantitative estimate of drug-likeness (QED) is 0.758. The lowest BCUT2D eigenvalue weighted by Crippen LogP contribution is -2.15. The summed E-state index contributed by atoms with van der Waals surface area (Å²) >= 11 is 11.9. The molecule has 1 unspecified atom stereocenters. The van der Waals surface area contributed by atoms with Gasteiger partial charge in [-0.25, -0.2) is 0 Å². The number of fused-ring (bicyclic) bond motifs is 1. The van der Waals surface area contributed by atoms with Crippen LogP contribution in [0.3, 0.4) is 0 Å². The lowest BCUT2D eigenvalue weighted by atomic mass is 10.1. The first kappa shape index (κ1) is 17.7. The summed E-state index contributed by atoms with van der Waals surface area (Å²) in [5.74, 6) is 0.601. The topological polar surface area (TPSA) is 32.3 Å². The van der Waals surface area contributed by atoms with Gasteiger partial charge in [0.1, 0.15) is 0 Å². The fourth-order valence-corrected chi connectivity index (χ4v) is 4.52. The summed E-state index contributed by atoms with van der Waals surface area (Å²) in [7, 11) is 1.09. The molecule has 3 nitrogen and oxygen atoms in total. The molecule has 3 rings (SSSR count). The number of benzene rings is 2. The van der Waals surface area contributed by atoms with Gasteiger partial charge in [0.05, 0.1) is 37.3 Å². The zero-order valence-electron chi connectivity index (χ0n) is 13.5. The molecule has 24 heavy (non-hydrogen) atoms. The van der Waals surface area contributed by atoms with Crippen LogP contribution in [0.1, 0.15) is 17.5 Å². The number of rotatable bonds is 6. The molecule has 2 aromatic rings. The Bertz CT molecular complexity index is 767. The maximum absolute atomic E-state index is 12.0. The second-order valence-electron chi connectivity index (χ2n) is 6.00. The third-order valence-corrected chi connectivity index (χ3v) is 6.30. The molecule has 2 aromatic carbocycles. The summed E-state index contributed by atoms with van der Waals surface area (Å²) < 4.78 is 12.0. The van der Waals surface area contributed by atoms with Crippen molar-refractivity contribution in [3.8, 4) is 0 Å². The molecule has 1 aliphatic heterocycles. The van der Waals surface area contributed by atoms with Crippen LogP contribution in [0.2, 0.25) is 10.0 Å². The first-order valence-electron chi connectivity index (χ1n) is 7.91. The number of nitrogens with zero attached hydrogens (tertiary/aromatic N) is 1. The van der Waals surface area contributed by atoms with E-state index in [1.54, 1.807) is 0 Å². The molecule has 1 atom stereocenters. The molecule has 0 saturated carbocycles. The van der Waals surface area contributed by atoms with Gasteiger partial charge in [-0.3, -0.25) is 4.21 Å². The maximum atomic E-state index is 12.0. The van der Waals surface area contributed by atoms with E-state index in [-0.39, 0.29) is 0 Å². The highest BCUT2D eigenvalue weighted by Gasteiger charge is 2.22. The third kappa shape index (κ3) is 4.12. The number of nitrogens with one attached hydrogen (secondary N) is 1. The van der Waals surface area contributed by atoms with E-state index in [4.69, 9.17) is 23.2 Å². The first-order valence-corrected chi connectivity index (χ1v) is 9.99. The van der Waals surface area contributed by atoms with E-state index in [0.29, 0.717) is 15.9 Å². The Morgan fingerprint density at radius 2 is 1.92 bits per heavy atom. The van der Waals surface area contributed by atoms with E-state index in [2.05, 4.69) is 23.5 Å². The summed E-state index contributed by atoms with van der Waals surface area (Å²) in [5, 5.41) is 4.59. The number of halogens is 2. The predicted octanol–water partition coefficient (Wildman–Crippen LogP) is 4.23. The Morgan fingerprint density at radius 3 is 2.71 bits per heavy atom. The highest BCUT2D eigenvalue weighted by atomic mass is 35.5. The lowest BCUT2D eigenvalue weighted by Gasteiger charge is -2.10. The van der Waals surface area contributed by atoms with Gasteiger partial charge in [-0.15, -0.1) is 0 Å². The maximum Gasteiger partial charge on any atom is 0.0982 e. The van der Waals surface area contributed by atoms with Crippen LogP contribution in [0.5, 0.6) is 0 Å². The monoisotopic (exact) mass is 382 g/mol. The molecule has 0 aliphatic carbocycles. The molecule has 128 valence electrons. The van der Waals surface area contributed by atoms with Gasteiger partial charge in [-0.2, -0.15) is 0 Å². The molecule has 0 amide bonds. The largest absolute Gasteiger partial charge is 0.361 e. The molecule has 6 heteroatoms. The Labute approximate surface area is 155 Å². The zero-order valence-corrected chi connectivity index (χ0v) is 15.8. The van der Waals surface area contributed by atoms with Crippen LogP contribution in [0.15, 0.2) is 41.3 Å². The average Bonchev–Trinajstić information content (AvgIpc) is 2.85. The second kappa shape index (κ2) is 7.87. The molecular formula is C18H20Cl2N2OS. The normalized spacial score (nSPS) is 16.5. The van der Waals surface area contributed by atoms with E-state index in [1.165, 1.54) is 5.56 Å². The Balaban J connectivity index is 1.46. The van der Waals surface area contributed by atoms with Crippen molar-refractivity contribution in [2.45, 2.75) is 24.3 Å². The van der Waals surface area contributed by atoms with Crippen molar-refractivity contribution in [2.75, 3.05) is 24.4 Å². The van der Waals surface area contributed by atoms with Crippen LogP contribution in [0.4, 0.5) is 5.69 Å². The lowest BCUT2D eigenvalue weighted by molar-refractivity contribution is 0.649. The van der Waals surface area contributed by atoms with Gasteiger partial charge < -0.3 is 10.2 Å². The fraction of sp³-hybridized carbons (Fsp3) is 0.333. The third-order valence-electron chi connectivity index (χ3n) is 4.12. The van der Waals surface area contributed by atoms with Crippen LogP contribution in [-0.2, 0) is 23.8 Å². The van der Waals surface area contributed by atoms with Crippen molar-refractivity contribution < 1.29 is 4.21 Å². The van der Waals surface area contributed by atoms with Gasteiger partial charge >= 0.3 is 0 Å². The molecular weight excluding hydrogens is 363 g/mol. The first-order chi connectivity index (χ1) is 11.5. The van der Waals surface area contributed by atoms with Gasteiger partial charge in [0.2, 0.25) is 0 Å². The second-order valence-corrected chi connectivity index (χ2v) is 8.21.